The molecule has 10 heteroatoms. The zero-order valence-corrected chi connectivity index (χ0v) is 17.6. The van der Waals surface area contributed by atoms with E-state index in [1.165, 1.54) is 0 Å². The van der Waals surface area contributed by atoms with E-state index in [0.29, 0.717) is 17.7 Å². The molecule has 0 spiro atoms. The first-order valence-corrected chi connectivity index (χ1v) is 10.3. The zero-order valence-electron chi connectivity index (χ0n) is 17.6. The van der Waals surface area contributed by atoms with Crippen molar-refractivity contribution in [1.82, 2.24) is 15.1 Å². The van der Waals surface area contributed by atoms with E-state index in [2.05, 4.69) is 15.1 Å². The summed E-state index contributed by atoms with van der Waals surface area (Å²) >= 11 is 0. The molecule has 3 aliphatic heterocycles. The van der Waals surface area contributed by atoms with Crippen molar-refractivity contribution < 1.29 is 28.7 Å². The average Bonchev–Trinajstić information content (AvgIpc) is 3.02. The van der Waals surface area contributed by atoms with Crippen molar-refractivity contribution in [3.05, 3.63) is 29.3 Å². The van der Waals surface area contributed by atoms with E-state index in [-0.39, 0.29) is 25.0 Å². The molecule has 3 heterocycles. The molecule has 0 radical (unpaired) electrons. The molecule has 0 saturated carbocycles. The van der Waals surface area contributed by atoms with E-state index in [9.17, 15) is 19.2 Å². The highest BCUT2D eigenvalue weighted by Crippen LogP contribution is 2.31. The molecular formula is C21H26N4O6. The molecule has 4 amide bonds. The second-order valence-electron chi connectivity index (χ2n) is 7.87. The second kappa shape index (κ2) is 8.74. The first-order chi connectivity index (χ1) is 14.9. The maximum atomic E-state index is 13.0. The SMILES string of the molecule is COC(CN1CCN(c2ccc3c(c2)C(=O)N(C2CCC(=O)NC2=O)C3=O)CC1)OC. The zero-order chi connectivity index (χ0) is 22.1. The van der Waals surface area contributed by atoms with Crippen molar-refractivity contribution in [3.8, 4) is 0 Å². The summed E-state index contributed by atoms with van der Waals surface area (Å²) < 4.78 is 10.5. The lowest BCUT2D eigenvalue weighted by Gasteiger charge is -2.37. The summed E-state index contributed by atoms with van der Waals surface area (Å²) in [6.45, 7) is 3.83. The lowest BCUT2D eigenvalue weighted by Crippen LogP contribution is -2.54. The third-order valence-corrected chi connectivity index (χ3v) is 6.09. The Morgan fingerprint density at radius 3 is 2.32 bits per heavy atom. The quantitative estimate of drug-likeness (QED) is 0.490. The van der Waals surface area contributed by atoms with Gasteiger partial charge in [-0.15, -0.1) is 0 Å². The van der Waals surface area contributed by atoms with Crippen LogP contribution in [-0.4, -0.2) is 92.7 Å². The number of hydrogen-bond acceptors (Lipinski definition) is 8. The van der Waals surface area contributed by atoms with Crippen molar-refractivity contribution in [2.45, 2.75) is 25.2 Å². The summed E-state index contributed by atoms with van der Waals surface area (Å²) in [5.41, 5.74) is 1.45. The van der Waals surface area contributed by atoms with Crippen LogP contribution in [0.1, 0.15) is 33.6 Å². The van der Waals surface area contributed by atoms with E-state index in [0.717, 1.165) is 36.8 Å². The molecule has 166 valence electrons. The number of nitrogens with one attached hydrogen (secondary N) is 1. The lowest BCUT2D eigenvalue weighted by molar-refractivity contribution is -0.136. The number of carbonyl (C=O) groups excluding carboxylic acids is 4. The molecule has 1 aromatic rings. The standard InChI is InChI=1S/C21H26N4O6/c1-30-18(31-2)12-23-7-9-24(10-8-23)13-3-4-14-15(11-13)21(29)25(20(14)28)16-5-6-17(26)22-19(16)27/h3-4,11,16,18H,5-10,12H2,1-2H3,(H,22,26,27). The first-order valence-electron chi connectivity index (χ1n) is 10.3. The molecule has 31 heavy (non-hydrogen) atoms. The molecule has 10 nitrogen and oxygen atoms in total. The van der Waals surface area contributed by atoms with E-state index < -0.39 is 23.8 Å². The molecule has 0 bridgehead atoms. The number of anilines is 1. The van der Waals surface area contributed by atoms with Gasteiger partial charge in [0.1, 0.15) is 6.04 Å². The molecule has 2 saturated heterocycles. The fourth-order valence-electron chi connectivity index (χ4n) is 4.30. The van der Waals surface area contributed by atoms with Crippen molar-refractivity contribution in [1.29, 1.82) is 0 Å². The maximum Gasteiger partial charge on any atom is 0.262 e. The predicted molar refractivity (Wildman–Crippen MR) is 110 cm³/mol. The number of amides is 4. The molecule has 0 aromatic heterocycles. The first kappa shape index (κ1) is 21.4. The minimum atomic E-state index is -0.952. The van der Waals surface area contributed by atoms with Crippen LogP contribution in [0.15, 0.2) is 18.2 Å². The molecule has 1 N–H and O–H groups in total. The Hall–Kier alpha value is -2.82. The normalized spacial score (nSPS) is 22.4. The van der Waals surface area contributed by atoms with Gasteiger partial charge in [0, 0.05) is 59.1 Å². The lowest BCUT2D eigenvalue weighted by atomic mass is 10.0. The van der Waals surface area contributed by atoms with Gasteiger partial charge in [-0.1, -0.05) is 0 Å². The highest BCUT2D eigenvalue weighted by molar-refractivity contribution is 6.23. The number of methoxy groups -OCH3 is 2. The van der Waals surface area contributed by atoms with Crippen LogP contribution in [0.5, 0.6) is 0 Å². The van der Waals surface area contributed by atoms with Gasteiger partial charge in [0.05, 0.1) is 11.1 Å². The number of piperidine rings is 1. The van der Waals surface area contributed by atoms with Gasteiger partial charge in [0.2, 0.25) is 11.8 Å². The topological polar surface area (TPSA) is 108 Å². The van der Waals surface area contributed by atoms with Crippen molar-refractivity contribution in [2.24, 2.45) is 0 Å². The van der Waals surface area contributed by atoms with Crippen LogP contribution in [0, 0.1) is 0 Å². The number of nitrogens with zero attached hydrogens (tertiary/aromatic N) is 3. The Morgan fingerprint density at radius 2 is 1.68 bits per heavy atom. The molecule has 3 aliphatic rings. The Kier molecular flexibility index (Phi) is 6.03. The minimum absolute atomic E-state index is 0.104. The summed E-state index contributed by atoms with van der Waals surface area (Å²) in [7, 11) is 3.23. The summed E-state index contributed by atoms with van der Waals surface area (Å²) in [6, 6.07) is 4.26. The van der Waals surface area contributed by atoms with Crippen LogP contribution in [0.4, 0.5) is 5.69 Å². The van der Waals surface area contributed by atoms with Crippen LogP contribution in [0.25, 0.3) is 0 Å². The third kappa shape index (κ3) is 4.06. The molecule has 4 rings (SSSR count). The molecule has 1 atom stereocenters. The highest BCUT2D eigenvalue weighted by Gasteiger charge is 2.44. The second-order valence-corrected chi connectivity index (χ2v) is 7.87. The number of benzene rings is 1. The van der Waals surface area contributed by atoms with E-state index >= 15 is 0 Å². The molecular weight excluding hydrogens is 404 g/mol. The number of imide groups is 2. The fraction of sp³-hybridized carbons (Fsp3) is 0.524. The molecule has 2 fully saturated rings. The van der Waals surface area contributed by atoms with Crippen molar-refractivity contribution in [3.63, 3.8) is 0 Å². The van der Waals surface area contributed by atoms with Gasteiger partial charge in [0.25, 0.3) is 11.8 Å². The molecule has 1 aromatic carbocycles. The van der Waals surface area contributed by atoms with Crippen LogP contribution in [0.3, 0.4) is 0 Å². The van der Waals surface area contributed by atoms with Gasteiger partial charge in [-0.3, -0.25) is 34.3 Å². The Labute approximate surface area is 180 Å². The van der Waals surface area contributed by atoms with Crippen molar-refractivity contribution >= 4 is 29.3 Å². The Morgan fingerprint density at radius 1 is 1.00 bits per heavy atom. The van der Waals surface area contributed by atoms with Crippen molar-refractivity contribution in [2.75, 3.05) is 51.8 Å². The van der Waals surface area contributed by atoms with Gasteiger partial charge in [0.15, 0.2) is 6.29 Å². The number of rotatable bonds is 6. The summed E-state index contributed by atoms with van der Waals surface area (Å²) in [5.74, 6) is -1.97. The van der Waals surface area contributed by atoms with Gasteiger partial charge >= 0.3 is 0 Å². The van der Waals surface area contributed by atoms with Crippen LogP contribution < -0.4 is 10.2 Å². The monoisotopic (exact) mass is 430 g/mol. The molecule has 0 aliphatic carbocycles. The Balaban J connectivity index is 1.46. The predicted octanol–water partition coefficient (Wildman–Crippen LogP) is -0.171. The number of hydrogen-bond donors (Lipinski definition) is 1. The van der Waals surface area contributed by atoms with Crippen LogP contribution in [-0.2, 0) is 19.1 Å². The number of fused-ring (bicyclic) bond motifs is 1. The average molecular weight is 430 g/mol. The van der Waals surface area contributed by atoms with E-state index in [4.69, 9.17) is 9.47 Å². The molecule has 1 unspecified atom stereocenters. The number of piperazine rings is 1. The van der Waals surface area contributed by atoms with Gasteiger partial charge in [-0.05, 0) is 24.6 Å². The smallest absolute Gasteiger partial charge is 0.262 e. The van der Waals surface area contributed by atoms with Gasteiger partial charge in [-0.2, -0.15) is 0 Å². The van der Waals surface area contributed by atoms with Gasteiger partial charge < -0.3 is 14.4 Å². The Bertz CT molecular complexity index is 907. The third-order valence-electron chi connectivity index (χ3n) is 6.09. The van der Waals surface area contributed by atoms with Crippen LogP contribution >= 0.6 is 0 Å². The van der Waals surface area contributed by atoms with Crippen LogP contribution in [0.2, 0.25) is 0 Å². The summed E-state index contributed by atoms with van der Waals surface area (Å²) in [5, 5.41) is 2.21. The summed E-state index contributed by atoms with van der Waals surface area (Å²) in [6.07, 6.45) is -0.0187. The number of ether oxygens (including phenoxy) is 2. The fourth-order valence-corrected chi connectivity index (χ4v) is 4.30. The summed E-state index contributed by atoms with van der Waals surface area (Å²) in [4.78, 5) is 54.8. The van der Waals surface area contributed by atoms with Gasteiger partial charge in [-0.25, -0.2) is 0 Å². The highest BCUT2D eigenvalue weighted by atomic mass is 16.7. The van der Waals surface area contributed by atoms with E-state index in [1.807, 2.05) is 6.07 Å². The van der Waals surface area contributed by atoms with E-state index in [1.54, 1.807) is 26.4 Å². The minimum Gasteiger partial charge on any atom is -0.369 e. The number of carbonyl (C=O) groups is 4. The largest absolute Gasteiger partial charge is 0.369 e. The maximum absolute atomic E-state index is 13.0.